The zero-order chi connectivity index (χ0) is 20.8. The molecule has 1 aliphatic heterocycles. The first-order chi connectivity index (χ1) is 14.0. The first-order valence-electron chi connectivity index (χ1n) is 9.33. The molecule has 3 rings (SSSR count). The summed E-state index contributed by atoms with van der Waals surface area (Å²) in [6.45, 7) is 2.61. The molecule has 0 atom stereocenters. The van der Waals surface area contributed by atoms with Gasteiger partial charge in [-0.05, 0) is 42.2 Å². The Kier molecular flexibility index (Phi) is 6.56. The molecule has 2 aromatic carbocycles. The summed E-state index contributed by atoms with van der Waals surface area (Å²) >= 11 is 0. The number of ether oxygens (including phenoxy) is 1. The van der Waals surface area contributed by atoms with Crippen LogP contribution in [0.3, 0.4) is 0 Å². The Hall–Kier alpha value is -3.26. The second kappa shape index (κ2) is 9.29. The number of amides is 1. The Bertz CT molecular complexity index is 896. The highest BCUT2D eigenvalue weighted by molar-refractivity contribution is 5.97. The van der Waals surface area contributed by atoms with Gasteiger partial charge in [0.1, 0.15) is 5.82 Å². The van der Waals surface area contributed by atoms with Gasteiger partial charge in [0, 0.05) is 25.7 Å². The van der Waals surface area contributed by atoms with Gasteiger partial charge in [0.25, 0.3) is 5.91 Å². The molecular weight excluding hydrogens is 377 g/mol. The van der Waals surface area contributed by atoms with Gasteiger partial charge in [0.05, 0.1) is 17.1 Å². The maximum atomic E-state index is 13.0. The average molecular weight is 399 g/mol. The molecule has 0 radical (unpaired) electrons. The number of hydrogen-bond donors (Lipinski definition) is 1. The standard InChI is InChI=1S/C21H22FN3O4/c22-17-7-5-15(6-8-17)16-9-12-24(13-10-16)11-2-14-29-20-18(21(23)26)3-1-4-19(20)25(27)28/h1,3-9H,2,10-14H2,(H2,23,26). The second-order valence-electron chi connectivity index (χ2n) is 6.76. The molecule has 152 valence electrons. The fraction of sp³-hybridized carbons (Fsp3) is 0.286. The maximum absolute atomic E-state index is 13.0. The molecular formula is C21H22FN3O4. The molecule has 0 saturated heterocycles. The predicted octanol–water partition coefficient (Wildman–Crippen LogP) is 3.39. The van der Waals surface area contributed by atoms with E-state index in [1.165, 1.54) is 35.9 Å². The summed E-state index contributed by atoms with van der Waals surface area (Å²) in [5.74, 6) is -1.09. The number of nitro benzene ring substituents is 1. The van der Waals surface area contributed by atoms with E-state index in [-0.39, 0.29) is 29.4 Å². The van der Waals surface area contributed by atoms with Gasteiger partial charge in [-0.2, -0.15) is 0 Å². The zero-order valence-electron chi connectivity index (χ0n) is 15.8. The van der Waals surface area contributed by atoms with Crippen LogP contribution in [0, 0.1) is 15.9 Å². The van der Waals surface area contributed by atoms with Crippen LogP contribution in [0.1, 0.15) is 28.8 Å². The summed E-state index contributed by atoms with van der Waals surface area (Å²) < 4.78 is 18.6. The molecule has 0 aromatic heterocycles. The highest BCUT2D eigenvalue weighted by Crippen LogP contribution is 2.31. The van der Waals surface area contributed by atoms with Crippen molar-refractivity contribution in [3.63, 3.8) is 0 Å². The number of nitrogens with zero attached hydrogens (tertiary/aromatic N) is 2. The van der Waals surface area contributed by atoms with Gasteiger partial charge in [-0.3, -0.25) is 19.8 Å². The third-order valence-corrected chi connectivity index (χ3v) is 4.83. The van der Waals surface area contributed by atoms with Gasteiger partial charge in [0.2, 0.25) is 5.75 Å². The fourth-order valence-electron chi connectivity index (χ4n) is 3.32. The van der Waals surface area contributed by atoms with Crippen molar-refractivity contribution in [3.05, 3.63) is 75.6 Å². The molecule has 1 amide bonds. The first kappa shape index (κ1) is 20.5. The maximum Gasteiger partial charge on any atom is 0.311 e. The number of carbonyl (C=O) groups is 1. The lowest BCUT2D eigenvalue weighted by Gasteiger charge is -2.26. The lowest BCUT2D eigenvalue weighted by atomic mass is 9.99. The van der Waals surface area contributed by atoms with E-state index in [4.69, 9.17) is 10.5 Å². The molecule has 0 spiro atoms. The van der Waals surface area contributed by atoms with E-state index in [1.54, 1.807) is 12.1 Å². The molecule has 1 heterocycles. The SMILES string of the molecule is NC(=O)c1cccc([N+](=O)[O-])c1OCCCN1CC=C(c2ccc(F)cc2)CC1. The number of benzene rings is 2. The normalized spacial score (nSPS) is 14.3. The van der Waals surface area contributed by atoms with Crippen molar-refractivity contribution in [2.24, 2.45) is 5.73 Å². The number of rotatable bonds is 8. The van der Waals surface area contributed by atoms with Gasteiger partial charge >= 0.3 is 5.69 Å². The quantitative estimate of drug-likeness (QED) is 0.417. The Morgan fingerprint density at radius 3 is 2.62 bits per heavy atom. The van der Waals surface area contributed by atoms with Crippen LogP contribution in [0.4, 0.5) is 10.1 Å². The molecule has 0 fully saturated rings. The van der Waals surface area contributed by atoms with Gasteiger partial charge in [0.15, 0.2) is 0 Å². The fourth-order valence-corrected chi connectivity index (χ4v) is 3.32. The van der Waals surface area contributed by atoms with Crippen molar-refractivity contribution in [2.45, 2.75) is 12.8 Å². The molecule has 7 nitrogen and oxygen atoms in total. The number of carbonyl (C=O) groups excluding carboxylic acids is 1. The van der Waals surface area contributed by atoms with E-state index < -0.39 is 10.8 Å². The molecule has 8 heteroatoms. The second-order valence-corrected chi connectivity index (χ2v) is 6.76. The lowest BCUT2D eigenvalue weighted by Crippen LogP contribution is -2.30. The molecule has 2 N–H and O–H groups in total. The van der Waals surface area contributed by atoms with E-state index in [2.05, 4.69) is 11.0 Å². The van der Waals surface area contributed by atoms with Crippen molar-refractivity contribution in [1.82, 2.24) is 4.90 Å². The number of nitrogens with two attached hydrogens (primary N) is 1. The smallest absolute Gasteiger partial charge is 0.311 e. The molecule has 0 bridgehead atoms. The van der Waals surface area contributed by atoms with E-state index in [1.807, 2.05) is 0 Å². The van der Waals surface area contributed by atoms with Gasteiger partial charge in [-0.15, -0.1) is 0 Å². The summed E-state index contributed by atoms with van der Waals surface area (Å²) in [5.41, 5.74) is 7.26. The van der Waals surface area contributed by atoms with Crippen LogP contribution in [-0.4, -0.2) is 42.0 Å². The van der Waals surface area contributed by atoms with Crippen molar-refractivity contribution in [1.29, 1.82) is 0 Å². The van der Waals surface area contributed by atoms with Crippen LogP contribution in [0.2, 0.25) is 0 Å². The minimum atomic E-state index is -0.766. The highest BCUT2D eigenvalue weighted by atomic mass is 19.1. The Morgan fingerprint density at radius 1 is 1.24 bits per heavy atom. The Balaban J connectivity index is 1.52. The molecule has 0 saturated carbocycles. The monoisotopic (exact) mass is 399 g/mol. The number of nitro groups is 1. The van der Waals surface area contributed by atoms with E-state index in [0.29, 0.717) is 6.42 Å². The third kappa shape index (κ3) is 5.17. The zero-order valence-corrected chi connectivity index (χ0v) is 15.8. The lowest BCUT2D eigenvalue weighted by molar-refractivity contribution is -0.385. The summed E-state index contributed by atoms with van der Waals surface area (Å²) in [7, 11) is 0. The van der Waals surface area contributed by atoms with Crippen LogP contribution in [-0.2, 0) is 0 Å². The van der Waals surface area contributed by atoms with Crippen LogP contribution in [0.25, 0.3) is 5.57 Å². The first-order valence-corrected chi connectivity index (χ1v) is 9.33. The van der Waals surface area contributed by atoms with Gasteiger partial charge in [-0.25, -0.2) is 4.39 Å². The van der Waals surface area contributed by atoms with Crippen LogP contribution in [0.5, 0.6) is 5.75 Å². The topological polar surface area (TPSA) is 98.7 Å². The number of para-hydroxylation sites is 1. The van der Waals surface area contributed by atoms with E-state index in [0.717, 1.165) is 31.6 Å². The van der Waals surface area contributed by atoms with Crippen molar-refractivity contribution < 1.29 is 18.8 Å². The minimum absolute atomic E-state index is 0.00375. The molecule has 0 unspecified atom stereocenters. The van der Waals surface area contributed by atoms with E-state index >= 15 is 0 Å². The summed E-state index contributed by atoms with van der Waals surface area (Å²) in [4.78, 5) is 24.4. The van der Waals surface area contributed by atoms with Crippen molar-refractivity contribution in [3.8, 4) is 5.75 Å². The van der Waals surface area contributed by atoms with Gasteiger partial charge in [-0.1, -0.05) is 24.3 Å². The molecule has 29 heavy (non-hydrogen) atoms. The molecule has 1 aliphatic rings. The minimum Gasteiger partial charge on any atom is -0.486 e. The summed E-state index contributed by atoms with van der Waals surface area (Å²) in [6.07, 6.45) is 3.64. The Morgan fingerprint density at radius 2 is 2.00 bits per heavy atom. The van der Waals surface area contributed by atoms with E-state index in [9.17, 15) is 19.3 Å². The largest absolute Gasteiger partial charge is 0.486 e. The number of hydrogen-bond acceptors (Lipinski definition) is 5. The van der Waals surface area contributed by atoms with Crippen LogP contribution in [0.15, 0.2) is 48.5 Å². The Labute approximate surface area is 167 Å². The predicted molar refractivity (Wildman–Crippen MR) is 107 cm³/mol. The molecule has 0 aliphatic carbocycles. The number of halogens is 1. The van der Waals surface area contributed by atoms with Crippen LogP contribution >= 0.6 is 0 Å². The van der Waals surface area contributed by atoms with Gasteiger partial charge < -0.3 is 10.5 Å². The average Bonchev–Trinajstić information content (AvgIpc) is 2.72. The molecule has 2 aromatic rings. The van der Waals surface area contributed by atoms with Crippen molar-refractivity contribution >= 4 is 17.2 Å². The summed E-state index contributed by atoms with van der Waals surface area (Å²) in [5, 5.41) is 11.2. The third-order valence-electron chi connectivity index (χ3n) is 4.83. The van der Waals surface area contributed by atoms with Crippen LogP contribution < -0.4 is 10.5 Å². The van der Waals surface area contributed by atoms with Crippen molar-refractivity contribution in [2.75, 3.05) is 26.2 Å². The highest BCUT2D eigenvalue weighted by Gasteiger charge is 2.22. The summed E-state index contributed by atoms with van der Waals surface area (Å²) in [6, 6.07) is 10.6. The number of primary amides is 1.